The number of aliphatic hydroxyl groups excluding tert-OH is 3. The molecule has 1 saturated heterocycles. The zero-order valence-corrected chi connectivity index (χ0v) is 12.2. The average molecular weight is 305 g/mol. The Morgan fingerprint density at radius 1 is 1.10 bits per heavy atom. The van der Waals surface area contributed by atoms with Crippen LogP contribution in [0.4, 0.5) is 0 Å². The number of hydrogen-bond acceptors (Lipinski definition) is 8. The van der Waals surface area contributed by atoms with Crippen LogP contribution in [0, 0.1) is 0 Å². The molecule has 2 aliphatic rings. The van der Waals surface area contributed by atoms with Crippen LogP contribution in [0.1, 0.15) is 26.2 Å². The Morgan fingerprint density at radius 3 is 2.38 bits per heavy atom. The van der Waals surface area contributed by atoms with Crippen molar-refractivity contribution in [3.63, 3.8) is 0 Å². The molecule has 0 amide bonds. The van der Waals surface area contributed by atoms with Gasteiger partial charge in [0.05, 0.1) is 12.2 Å². The van der Waals surface area contributed by atoms with E-state index in [4.69, 9.17) is 26.7 Å². The Hall–Kier alpha value is -0.320. The summed E-state index contributed by atoms with van der Waals surface area (Å²) in [7, 11) is 0. The van der Waals surface area contributed by atoms with E-state index in [1.807, 2.05) is 6.92 Å². The number of ether oxygens (including phenoxy) is 2. The monoisotopic (exact) mass is 305 g/mol. The van der Waals surface area contributed by atoms with Gasteiger partial charge in [0.15, 0.2) is 6.29 Å². The topological polar surface area (TPSA) is 157 Å². The first-order chi connectivity index (χ1) is 9.81. The van der Waals surface area contributed by atoms with Gasteiger partial charge in [0, 0.05) is 18.1 Å². The fraction of sp³-hybridized carbons (Fsp3) is 1.00. The maximum absolute atomic E-state index is 10.1. The third-order valence-electron chi connectivity index (χ3n) is 4.34. The fourth-order valence-corrected chi connectivity index (χ4v) is 2.94. The van der Waals surface area contributed by atoms with Crippen LogP contribution in [0.25, 0.3) is 0 Å². The number of hydrogen-bond donors (Lipinski definition) is 6. The molecule has 8 heteroatoms. The maximum atomic E-state index is 10.1. The van der Waals surface area contributed by atoms with E-state index in [2.05, 4.69) is 0 Å². The van der Waals surface area contributed by atoms with E-state index in [-0.39, 0.29) is 12.1 Å². The van der Waals surface area contributed by atoms with Crippen molar-refractivity contribution >= 4 is 0 Å². The quantitative estimate of drug-likeness (QED) is 0.330. The number of aliphatic hydroxyl groups is 3. The van der Waals surface area contributed by atoms with Crippen molar-refractivity contribution in [3.05, 3.63) is 0 Å². The van der Waals surface area contributed by atoms with Crippen LogP contribution in [0.2, 0.25) is 0 Å². The molecule has 1 saturated carbocycles. The largest absolute Gasteiger partial charge is 0.389 e. The third-order valence-corrected chi connectivity index (χ3v) is 4.34. The zero-order valence-electron chi connectivity index (χ0n) is 12.2. The van der Waals surface area contributed by atoms with Gasteiger partial charge < -0.3 is 42.0 Å². The molecule has 0 aromatic carbocycles. The normalized spacial score (nSPS) is 49.9. The molecule has 0 aromatic heterocycles. The molecule has 9 N–H and O–H groups in total. The molecule has 124 valence electrons. The third kappa shape index (κ3) is 3.72. The van der Waals surface area contributed by atoms with Gasteiger partial charge in [0.25, 0.3) is 0 Å². The number of nitrogens with two attached hydrogens (primary N) is 3. The van der Waals surface area contributed by atoms with E-state index in [0.29, 0.717) is 19.3 Å². The first kappa shape index (κ1) is 17.0. The molecule has 2 fully saturated rings. The van der Waals surface area contributed by atoms with E-state index in [0.717, 1.165) is 0 Å². The summed E-state index contributed by atoms with van der Waals surface area (Å²) in [6, 6.07) is -1.32. The van der Waals surface area contributed by atoms with Gasteiger partial charge >= 0.3 is 0 Å². The molecule has 1 heterocycles. The summed E-state index contributed by atoms with van der Waals surface area (Å²) in [6.45, 7) is 1.82. The highest BCUT2D eigenvalue weighted by Crippen LogP contribution is 2.27. The maximum Gasteiger partial charge on any atom is 0.184 e. The smallest absolute Gasteiger partial charge is 0.184 e. The zero-order chi connectivity index (χ0) is 15.7. The lowest BCUT2D eigenvalue weighted by molar-refractivity contribution is -0.281. The van der Waals surface area contributed by atoms with Crippen molar-refractivity contribution in [1.29, 1.82) is 0 Å². The van der Waals surface area contributed by atoms with Crippen molar-refractivity contribution in [2.45, 2.75) is 81.1 Å². The summed E-state index contributed by atoms with van der Waals surface area (Å²) in [4.78, 5) is 0. The van der Waals surface area contributed by atoms with Crippen LogP contribution < -0.4 is 17.2 Å². The van der Waals surface area contributed by atoms with Gasteiger partial charge in [-0.1, -0.05) is 0 Å². The van der Waals surface area contributed by atoms with Gasteiger partial charge in [0.1, 0.15) is 18.3 Å². The summed E-state index contributed by atoms with van der Waals surface area (Å²) in [5.74, 6) is 0. The Kier molecular flexibility index (Phi) is 5.55. The van der Waals surface area contributed by atoms with Crippen molar-refractivity contribution in [1.82, 2.24) is 0 Å². The lowest BCUT2D eigenvalue weighted by Crippen LogP contribution is -2.63. The predicted molar refractivity (Wildman–Crippen MR) is 75.0 cm³/mol. The molecule has 1 aliphatic carbocycles. The molecule has 2 rings (SSSR count). The van der Waals surface area contributed by atoms with Crippen LogP contribution in [-0.2, 0) is 9.47 Å². The van der Waals surface area contributed by atoms with Crippen molar-refractivity contribution < 1.29 is 24.8 Å². The van der Waals surface area contributed by atoms with Gasteiger partial charge in [-0.25, -0.2) is 0 Å². The molecule has 0 unspecified atom stereocenters. The molecule has 8 nitrogen and oxygen atoms in total. The molecule has 0 aromatic rings. The molecule has 0 spiro atoms. The summed E-state index contributed by atoms with van der Waals surface area (Å²) in [5.41, 5.74) is 17.5. The first-order valence-corrected chi connectivity index (χ1v) is 7.43. The average Bonchev–Trinajstić information content (AvgIpc) is 2.42. The minimum atomic E-state index is -1.21. The highest BCUT2D eigenvalue weighted by atomic mass is 16.7. The lowest BCUT2D eigenvalue weighted by Gasteiger charge is -2.43. The first-order valence-electron chi connectivity index (χ1n) is 7.43. The fourth-order valence-electron chi connectivity index (χ4n) is 2.94. The summed E-state index contributed by atoms with van der Waals surface area (Å²) >= 11 is 0. The second-order valence-electron chi connectivity index (χ2n) is 6.19. The Morgan fingerprint density at radius 2 is 1.76 bits per heavy atom. The van der Waals surface area contributed by atoms with Crippen molar-refractivity contribution in [3.8, 4) is 0 Å². The number of rotatable bonds is 3. The molecule has 0 bridgehead atoms. The molecule has 9 atom stereocenters. The van der Waals surface area contributed by atoms with Gasteiger partial charge in [-0.05, 0) is 26.2 Å². The van der Waals surface area contributed by atoms with Gasteiger partial charge in [-0.15, -0.1) is 0 Å². The van der Waals surface area contributed by atoms with Crippen LogP contribution in [-0.4, -0.2) is 70.3 Å². The van der Waals surface area contributed by atoms with E-state index in [1.165, 1.54) is 0 Å². The van der Waals surface area contributed by atoms with Gasteiger partial charge in [-0.3, -0.25) is 0 Å². The highest BCUT2D eigenvalue weighted by molar-refractivity contribution is 4.98. The van der Waals surface area contributed by atoms with E-state index < -0.39 is 42.8 Å². The summed E-state index contributed by atoms with van der Waals surface area (Å²) < 4.78 is 11.3. The van der Waals surface area contributed by atoms with Gasteiger partial charge in [0.2, 0.25) is 0 Å². The summed E-state index contributed by atoms with van der Waals surface area (Å²) in [6.07, 6.45) is -3.65. The minimum absolute atomic E-state index is 0.187. The molecule has 0 radical (unpaired) electrons. The van der Waals surface area contributed by atoms with E-state index in [9.17, 15) is 15.3 Å². The predicted octanol–water partition coefficient (Wildman–Crippen LogP) is -2.64. The molecular weight excluding hydrogens is 278 g/mol. The SMILES string of the molecule is C[C@@H](N)[C@@H]1CC[C@H](O)[C@@H](O[C@H]2[C@H](O)[C@@H](O)[C@H](N)C[C@@H]2N)O1. The lowest BCUT2D eigenvalue weighted by atomic mass is 9.84. The van der Waals surface area contributed by atoms with E-state index >= 15 is 0 Å². The van der Waals surface area contributed by atoms with Crippen LogP contribution in [0.3, 0.4) is 0 Å². The minimum Gasteiger partial charge on any atom is -0.389 e. The van der Waals surface area contributed by atoms with Crippen LogP contribution >= 0.6 is 0 Å². The van der Waals surface area contributed by atoms with Crippen molar-refractivity contribution in [2.75, 3.05) is 0 Å². The summed E-state index contributed by atoms with van der Waals surface area (Å²) in [5, 5.41) is 29.9. The van der Waals surface area contributed by atoms with Crippen LogP contribution in [0.5, 0.6) is 0 Å². The standard InChI is InChI=1S/C13H27N3O5/c1-5(14)9-3-2-8(17)13(20-9)21-12-7(16)4-6(15)10(18)11(12)19/h5-13,17-19H,2-4,14-16H2,1H3/t5-,6-,7+,8+,9+,10+,11-,12-,13-/m1/s1. The Labute approximate surface area is 124 Å². The highest BCUT2D eigenvalue weighted by Gasteiger charge is 2.44. The van der Waals surface area contributed by atoms with E-state index in [1.54, 1.807) is 0 Å². The second-order valence-corrected chi connectivity index (χ2v) is 6.19. The molecule has 21 heavy (non-hydrogen) atoms. The molecular formula is C13H27N3O5. The Bertz CT molecular complexity index is 346. The second kappa shape index (κ2) is 6.84. The molecule has 1 aliphatic heterocycles. The Balaban J connectivity index is 2.01. The van der Waals surface area contributed by atoms with Crippen LogP contribution in [0.15, 0.2) is 0 Å². The van der Waals surface area contributed by atoms with Crippen molar-refractivity contribution in [2.24, 2.45) is 17.2 Å². The van der Waals surface area contributed by atoms with Gasteiger partial charge in [-0.2, -0.15) is 0 Å².